The van der Waals surface area contributed by atoms with Gasteiger partial charge in [0.05, 0.1) is 30.5 Å². The summed E-state index contributed by atoms with van der Waals surface area (Å²) in [6, 6.07) is 6.84. The Kier molecular flexibility index (Phi) is 7.41. The highest BCUT2D eigenvalue weighted by molar-refractivity contribution is 7.15. The number of esters is 2. The molecule has 1 N–H and O–H groups in total. The summed E-state index contributed by atoms with van der Waals surface area (Å²) in [5, 5.41) is 15.5. The van der Waals surface area contributed by atoms with Gasteiger partial charge < -0.3 is 23.9 Å². The van der Waals surface area contributed by atoms with Crippen LogP contribution in [0.3, 0.4) is 0 Å². The van der Waals surface area contributed by atoms with Gasteiger partial charge in [-0.25, -0.2) is 9.59 Å². The van der Waals surface area contributed by atoms with Crippen LogP contribution in [-0.2, 0) is 14.3 Å². The minimum Gasteiger partial charge on any atom is -0.490 e. The fourth-order valence-electron chi connectivity index (χ4n) is 2.81. The maximum atomic E-state index is 12.5. The van der Waals surface area contributed by atoms with Crippen molar-refractivity contribution < 1.29 is 37.9 Å². The van der Waals surface area contributed by atoms with E-state index >= 15 is 0 Å². The maximum absolute atomic E-state index is 12.5. The Hall–Kier alpha value is -4.19. The van der Waals surface area contributed by atoms with Crippen LogP contribution in [0.5, 0.6) is 5.75 Å². The number of thiophene rings is 1. The molecular weight excluding hydrogens is 456 g/mol. The highest BCUT2D eigenvalue weighted by Gasteiger charge is 2.25. The molecule has 0 aliphatic carbocycles. The van der Waals surface area contributed by atoms with E-state index < -0.39 is 35.1 Å². The smallest absolute Gasteiger partial charge is 0.341 e. The third-order valence-corrected chi connectivity index (χ3v) is 5.15. The third-order valence-electron chi connectivity index (χ3n) is 4.26. The molecule has 0 atom stereocenters. The van der Waals surface area contributed by atoms with Crippen LogP contribution in [-0.4, -0.2) is 43.1 Å². The Bertz CT molecular complexity index is 1180. The molecule has 3 aromatic rings. The molecule has 0 unspecified atom stereocenters. The monoisotopic (exact) mass is 474 g/mol. The summed E-state index contributed by atoms with van der Waals surface area (Å²) in [7, 11) is 1.26. The molecule has 0 aliphatic rings. The van der Waals surface area contributed by atoms with Crippen molar-refractivity contribution in [3.05, 3.63) is 63.2 Å². The molecule has 2 aromatic heterocycles. The van der Waals surface area contributed by atoms with Crippen molar-refractivity contribution in [3.63, 3.8) is 0 Å². The predicted octanol–water partition coefficient (Wildman–Crippen LogP) is 3.90. The Morgan fingerprint density at radius 1 is 1.18 bits per heavy atom. The first kappa shape index (κ1) is 23.5. The Morgan fingerprint density at radius 3 is 2.61 bits per heavy atom. The van der Waals surface area contributed by atoms with E-state index in [0.717, 1.165) is 17.4 Å². The summed E-state index contributed by atoms with van der Waals surface area (Å²) in [5.41, 5.74) is 0.0156. The fraction of sp³-hybridized carbons (Fsp3) is 0.190. The molecule has 1 aromatic carbocycles. The first-order valence-corrected chi connectivity index (χ1v) is 10.4. The number of nitrogens with zero attached hydrogens (tertiary/aromatic N) is 1. The molecule has 0 aliphatic heterocycles. The number of methoxy groups -OCH3 is 1. The van der Waals surface area contributed by atoms with E-state index in [9.17, 15) is 24.5 Å². The number of carbonyl (C=O) groups excluding carboxylic acids is 3. The zero-order valence-corrected chi connectivity index (χ0v) is 18.3. The van der Waals surface area contributed by atoms with Crippen LogP contribution >= 0.6 is 11.3 Å². The second kappa shape index (κ2) is 10.4. The molecule has 172 valence electrons. The molecule has 0 bridgehead atoms. The van der Waals surface area contributed by atoms with Gasteiger partial charge in [-0.15, -0.1) is 11.3 Å². The first-order chi connectivity index (χ1) is 15.8. The number of anilines is 1. The number of nitrogens with one attached hydrogen (secondary N) is 1. The number of hydrogen-bond donors (Lipinski definition) is 1. The zero-order chi connectivity index (χ0) is 24.0. The second-order valence-electron chi connectivity index (χ2n) is 6.32. The Labute approximate surface area is 191 Å². The number of hydrogen-bond acceptors (Lipinski definition) is 10. The average Bonchev–Trinajstić information content (AvgIpc) is 3.47. The topological polar surface area (TPSA) is 147 Å². The van der Waals surface area contributed by atoms with Gasteiger partial charge in [0.25, 0.3) is 5.91 Å². The highest BCUT2D eigenvalue weighted by atomic mass is 32.1. The van der Waals surface area contributed by atoms with Gasteiger partial charge >= 0.3 is 17.6 Å². The Balaban J connectivity index is 1.71. The lowest BCUT2D eigenvalue weighted by atomic mass is 10.1. The van der Waals surface area contributed by atoms with Crippen molar-refractivity contribution in [2.45, 2.75) is 6.92 Å². The van der Waals surface area contributed by atoms with E-state index in [-0.39, 0.29) is 28.5 Å². The maximum Gasteiger partial charge on any atom is 0.341 e. The predicted molar refractivity (Wildman–Crippen MR) is 117 cm³/mol. The number of furan rings is 1. The molecule has 3 rings (SSSR count). The SMILES string of the molecule is CCOC(=O)c1c(-c2ccco2)csc1NC(=O)COC(=O)c1ccc(OC)c([N+](=O)[O-])c1. The molecule has 2 heterocycles. The van der Waals surface area contributed by atoms with Crippen molar-refractivity contribution >= 4 is 39.9 Å². The number of carbonyl (C=O) groups is 3. The van der Waals surface area contributed by atoms with Crippen molar-refractivity contribution in [1.82, 2.24) is 0 Å². The number of nitro benzene ring substituents is 1. The summed E-state index contributed by atoms with van der Waals surface area (Å²) in [6.07, 6.45) is 1.45. The standard InChI is InChI=1S/C21H18N2O9S/c1-3-30-21(26)18-13(15-5-4-8-31-15)11-33-19(18)22-17(24)10-32-20(25)12-6-7-16(29-2)14(9-12)23(27)28/h4-9,11H,3,10H2,1-2H3,(H,22,24). The van der Waals surface area contributed by atoms with Crippen molar-refractivity contribution in [3.8, 4) is 17.1 Å². The minimum atomic E-state index is -0.941. The molecule has 0 saturated heterocycles. The fourth-order valence-corrected chi connectivity index (χ4v) is 3.76. The molecule has 0 spiro atoms. The van der Waals surface area contributed by atoms with Gasteiger partial charge in [-0.3, -0.25) is 14.9 Å². The summed E-state index contributed by atoms with van der Waals surface area (Å²) in [5.74, 6) is -1.91. The molecule has 0 fully saturated rings. The lowest BCUT2D eigenvalue weighted by Gasteiger charge is -2.09. The molecule has 11 nitrogen and oxygen atoms in total. The molecule has 0 radical (unpaired) electrons. The molecule has 1 amide bonds. The van der Waals surface area contributed by atoms with Gasteiger partial charge in [-0.1, -0.05) is 0 Å². The Morgan fingerprint density at radius 2 is 1.97 bits per heavy atom. The van der Waals surface area contributed by atoms with Crippen LogP contribution in [0.25, 0.3) is 11.3 Å². The lowest BCUT2D eigenvalue weighted by molar-refractivity contribution is -0.385. The van der Waals surface area contributed by atoms with Crippen LogP contribution in [0, 0.1) is 10.1 Å². The van der Waals surface area contributed by atoms with Crippen molar-refractivity contribution in [2.24, 2.45) is 0 Å². The van der Waals surface area contributed by atoms with E-state index in [0.29, 0.717) is 11.3 Å². The molecule has 12 heteroatoms. The van der Waals surface area contributed by atoms with Crippen LogP contribution in [0.1, 0.15) is 27.6 Å². The molecular formula is C21H18N2O9S. The zero-order valence-electron chi connectivity index (χ0n) is 17.5. The van der Waals surface area contributed by atoms with Gasteiger partial charge in [0.1, 0.15) is 16.3 Å². The van der Waals surface area contributed by atoms with Gasteiger partial charge in [-0.2, -0.15) is 0 Å². The molecule has 0 saturated carbocycles. The summed E-state index contributed by atoms with van der Waals surface area (Å²) >= 11 is 1.07. The second-order valence-corrected chi connectivity index (χ2v) is 7.20. The summed E-state index contributed by atoms with van der Waals surface area (Å²) in [4.78, 5) is 47.5. The van der Waals surface area contributed by atoms with Crippen LogP contribution in [0.15, 0.2) is 46.4 Å². The van der Waals surface area contributed by atoms with Gasteiger partial charge in [-0.05, 0) is 31.2 Å². The van der Waals surface area contributed by atoms with Gasteiger partial charge in [0.2, 0.25) is 0 Å². The summed E-state index contributed by atoms with van der Waals surface area (Å²) < 4.78 is 20.2. The van der Waals surface area contributed by atoms with E-state index in [1.165, 1.54) is 25.5 Å². The van der Waals surface area contributed by atoms with E-state index in [2.05, 4.69) is 5.32 Å². The lowest BCUT2D eigenvalue weighted by Crippen LogP contribution is -2.21. The van der Waals surface area contributed by atoms with Crippen LogP contribution in [0.4, 0.5) is 10.7 Å². The van der Waals surface area contributed by atoms with E-state index in [1.54, 1.807) is 24.4 Å². The third kappa shape index (κ3) is 5.36. The number of benzene rings is 1. The average molecular weight is 474 g/mol. The van der Waals surface area contributed by atoms with Crippen LogP contribution in [0.2, 0.25) is 0 Å². The number of amides is 1. The van der Waals surface area contributed by atoms with Crippen molar-refractivity contribution in [2.75, 3.05) is 25.6 Å². The largest absolute Gasteiger partial charge is 0.490 e. The quantitative estimate of drug-likeness (QED) is 0.277. The van der Waals surface area contributed by atoms with E-state index in [1.807, 2.05) is 0 Å². The molecule has 33 heavy (non-hydrogen) atoms. The highest BCUT2D eigenvalue weighted by Crippen LogP contribution is 2.36. The first-order valence-electron chi connectivity index (χ1n) is 9.47. The van der Waals surface area contributed by atoms with Crippen molar-refractivity contribution in [1.29, 1.82) is 0 Å². The summed E-state index contributed by atoms with van der Waals surface area (Å²) in [6.45, 7) is 1.10. The number of rotatable bonds is 9. The van der Waals surface area contributed by atoms with Gasteiger partial charge in [0, 0.05) is 17.0 Å². The minimum absolute atomic E-state index is 0.0224. The van der Waals surface area contributed by atoms with E-state index in [4.69, 9.17) is 18.6 Å². The number of ether oxygens (including phenoxy) is 3. The normalized spacial score (nSPS) is 10.4. The van der Waals surface area contributed by atoms with Crippen LogP contribution < -0.4 is 10.1 Å². The van der Waals surface area contributed by atoms with Gasteiger partial charge in [0.15, 0.2) is 12.4 Å². The number of nitro groups is 1.